The summed E-state index contributed by atoms with van der Waals surface area (Å²) in [5.74, 6) is 1.98. The first-order chi connectivity index (χ1) is 10.7. The summed E-state index contributed by atoms with van der Waals surface area (Å²) in [6.07, 6.45) is 16.6. The third-order valence-electron chi connectivity index (χ3n) is 6.25. The molecule has 3 rings (SSSR count). The topological polar surface area (TPSA) is 40.5 Å². The molecular weight excluding hydrogens is 272 g/mol. The highest BCUT2D eigenvalue weighted by atomic mass is 16.3. The SMILES string of the molecule is CCCC=C1C[C@H]2C[C@@H](O)[C@H](C=C[C@@H](O)C3CCCC3)[C@H]2C1. The third-order valence-corrected chi connectivity index (χ3v) is 6.25. The summed E-state index contributed by atoms with van der Waals surface area (Å²) in [7, 11) is 0. The number of rotatable bonds is 5. The van der Waals surface area contributed by atoms with Crippen molar-refractivity contribution in [3.05, 3.63) is 23.8 Å². The smallest absolute Gasteiger partial charge is 0.0749 e. The largest absolute Gasteiger partial charge is 0.392 e. The van der Waals surface area contributed by atoms with E-state index >= 15 is 0 Å². The van der Waals surface area contributed by atoms with Gasteiger partial charge < -0.3 is 10.2 Å². The molecule has 0 aromatic heterocycles. The lowest BCUT2D eigenvalue weighted by molar-refractivity contribution is 0.135. The van der Waals surface area contributed by atoms with E-state index in [2.05, 4.69) is 19.1 Å². The lowest BCUT2D eigenvalue weighted by atomic mass is 9.89. The monoisotopic (exact) mass is 304 g/mol. The van der Waals surface area contributed by atoms with Gasteiger partial charge in [0.05, 0.1) is 12.2 Å². The quantitative estimate of drug-likeness (QED) is 0.746. The molecule has 0 radical (unpaired) electrons. The normalized spacial score (nSPS) is 39.1. The molecule has 124 valence electrons. The highest BCUT2D eigenvalue weighted by Crippen LogP contribution is 2.50. The van der Waals surface area contributed by atoms with Crippen molar-refractivity contribution in [3.8, 4) is 0 Å². The molecule has 2 heteroatoms. The van der Waals surface area contributed by atoms with Crippen LogP contribution in [0.5, 0.6) is 0 Å². The maximum absolute atomic E-state index is 10.4. The van der Waals surface area contributed by atoms with Gasteiger partial charge in [-0.1, -0.05) is 50.0 Å². The first kappa shape index (κ1) is 16.3. The van der Waals surface area contributed by atoms with Crippen LogP contribution in [-0.2, 0) is 0 Å². The molecule has 0 aromatic carbocycles. The summed E-state index contributed by atoms with van der Waals surface area (Å²) >= 11 is 0. The molecule has 5 atom stereocenters. The Balaban J connectivity index is 1.60. The van der Waals surface area contributed by atoms with Crippen LogP contribution in [0.25, 0.3) is 0 Å². The fourth-order valence-corrected chi connectivity index (χ4v) is 4.99. The first-order valence-corrected chi connectivity index (χ1v) is 9.41. The molecule has 0 amide bonds. The van der Waals surface area contributed by atoms with Crippen molar-refractivity contribution in [2.24, 2.45) is 23.7 Å². The zero-order chi connectivity index (χ0) is 15.5. The van der Waals surface area contributed by atoms with E-state index in [1.54, 1.807) is 5.57 Å². The van der Waals surface area contributed by atoms with E-state index in [0.29, 0.717) is 17.8 Å². The molecule has 0 bridgehead atoms. The van der Waals surface area contributed by atoms with Gasteiger partial charge in [0.2, 0.25) is 0 Å². The Morgan fingerprint density at radius 3 is 2.73 bits per heavy atom. The average Bonchev–Trinajstić information content (AvgIpc) is 3.19. The summed E-state index contributed by atoms with van der Waals surface area (Å²) < 4.78 is 0. The van der Waals surface area contributed by atoms with Crippen molar-refractivity contribution in [1.82, 2.24) is 0 Å². The summed E-state index contributed by atoms with van der Waals surface area (Å²) in [5, 5.41) is 20.7. The van der Waals surface area contributed by atoms with Crippen molar-refractivity contribution in [3.63, 3.8) is 0 Å². The Bertz CT molecular complexity index is 419. The second-order valence-electron chi connectivity index (χ2n) is 7.78. The first-order valence-electron chi connectivity index (χ1n) is 9.41. The number of aliphatic hydroxyl groups excluding tert-OH is 2. The predicted molar refractivity (Wildman–Crippen MR) is 90.4 cm³/mol. The Labute approximate surface area is 135 Å². The predicted octanol–water partition coefficient (Wildman–Crippen LogP) is 4.23. The van der Waals surface area contributed by atoms with Crippen molar-refractivity contribution >= 4 is 0 Å². The minimum absolute atomic E-state index is 0.199. The van der Waals surface area contributed by atoms with Crippen LogP contribution < -0.4 is 0 Å². The number of hydrogen-bond acceptors (Lipinski definition) is 2. The van der Waals surface area contributed by atoms with Crippen molar-refractivity contribution in [1.29, 1.82) is 0 Å². The van der Waals surface area contributed by atoms with Gasteiger partial charge in [-0.2, -0.15) is 0 Å². The second kappa shape index (κ2) is 7.31. The zero-order valence-corrected chi connectivity index (χ0v) is 14.0. The molecule has 3 saturated carbocycles. The maximum Gasteiger partial charge on any atom is 0.0749 e. The van der Waals surface area contributed by atoms with Gasteiger partial charge in [0.25, 0.3) is 0 Å². The van der Waals surface area contributed by atoms with E-state index in [4.69, 9.17) is 0 Å². The van der Waals surface area contributed by atoms with Crippen LogP contribution in [0.2, 0.25) is 0 Å². The molecule has 0 unspecified atom stereocenters. The summed E-state index contributed by atoms with van der Waals surface area (Å²) in [6.45, 7) is 2.23. The van der Waals surface area contributed by atoms with Crippen LogP contribution in [0, 0.1) is 23.7 Å². The number of allylic oxidation sites excluding steroid dienone is 2. The van der Waals surface area contributed by atoms with E-state index in [0.717, 1.165) is 25.7 Å². The molecular formula is C20H32O2. The van der Waals surface area contributed by atoms with Gasteiger partial charge in [0.15, 0.2) is 0 Å². The van der Waals surface area contributed by atoms with Gasteiger partial charge in [0, 0.05) is 5.92 Å². The van der Waals surface area contributed by atoms with Crippen LogP contribution in [0.1, 0.15) is 64.7 Å². The number of hydrogen-bond donors (Lipinski definition) is 2. The van der Waals surface area contributed by atoms with Crippen LogP contribution in [0.3, 0.4) is 0 Å². The second-order valence-corrected chi connectivity index (χ2v) is 7.78. The minimum atomic E-state index is -0.301. The fraction of sp³-hybridized carbons (Fsp3) is 0.800. The van der Waals surface area contributed by atoms with Crippen molar-refractivity contribution in [2.45, 2.75) is 76.9 Å². The number of aliphatic hydroxyl groups is 2. The summed E-state index contributed by atoms with van der Waals surface area (Å²) in [4.78, 5) is 0. The number of unbranched alkanes of at least 4 members (excludes halogenated alkanes) is 1. The van der Waals surface area contributed by atoms with Crippen LogP contribution in [-0.4, -0.2) is 22.4 Å². The van der Waals surface area contributed by atoms with Gasteiger partial charge in [-0.3, -0.25) is 0 Å². The van der Waals surface area contributed by atoms with Gasteiger partial charge in [-0.15, -0.1) is 0 Å². The van der Waals surface area contributed by atoms with Crippen molar-refractivity contribution in [2.75, 3.05) is 0 Å². The molecule has 3 aliphatic carbocycles. The lowest BCUT2D eigenvalue weighted by Crippen LogP contribution is -2.19. The van der Waals surface area contributed by atoms with E-state index in [1.807, 2.05) is 6.08 Å². The zero-order valence-electron chi connectivity index (χ0n) is 14.0. The van der Waals surface area contributed by atoms with Crippen molar-refractivity contribution < 1.29 is 10.2 Å². The molecule has 0 saturated heterocycles. The highest BCUT2D eigenvalue weighted by molar-refractivity contribution is 5.18. The maximum atomic E-state index is 10.4. The van der Waals surface area contributed by atoms with Gasteiger partial charge >= 0.3 is 0 Å². The van der Waals surface area contributed by atoms with E-state index in [1.165, 1.54) is 32.1 Å². The van der Waals surface area contributed by atoms with Crippen LogP contribution in [0.4, 0.5) is 0 Å². The van der Waals surface area contributed by atoms with Gasteiger partial charge in [-0.25, -0.2) is 0 Å². The molecule has 2 nitrogen and oxygen atoms in total. The molecule has 0 heterocycles. The fourth-order valence-electron chi connectivity index (χ4n) is 4.99. The molecule has 0 aliphatic heterocycles. The molecule has 2 N–H and O–H groups in total. The van der Waals surface area contributed by atoms with Crippen LogP contribution >= 0.6 is 0 Å². The Kier molecular flexibility index (Phi) is 5.41. The molecule has 0 spiro atoms. The number of fused-ring (bicyclic) bond motifs is 1. The van der Waals surface area contributed by atoms with E-state index in [-0.39, 0.29) is 18.1 Å². The molecule has 0 aromatic rings. The van der Waals surface area contributed by atoms with E-state index in [9.17, 15) is 10.2 Å². The Hall–Kier alpha value is -0.600. The molecule has 3 aliphatic rings. The van der Waals surface area contributed by atoms with Gasteiger partial charge in [0.1, 0.15) is 0 Å². The third kappa shape index (κ3) is 3.49. The average molecular weight is 304 g/mol. The molecule has 22 heavy (non-hydrogen) atoms. The Morgan fingerprint density at radius 2 is 2.00 bits per heavy atom. The van der Waals surface area contributed by atoms with Crippen LogP contribution in [0.15, 0.2) is 23.8 Å². The van der Waals surface area contributed by atoms with Gasteiger partial charge in [-0.05, 0) is 56.3 Å². The summed E-state index contributed by atoms with van der Waals surface area (Å²) in [5.41, 5.74) is 1.61. The highest BCUT2D eigenvalue weighted by Gasteiger charge is 2.45. The summed E-state index contributed by atoms with van der Waals surface area (Å²) in [6, 6.07) is 0. The minimum Gasteiger partial charge on any atom is -0.392 e. The standard InChI is InChI=1S/C20H32O2/c1-2-3-6-14-11-16-13-20(22)17(18(16)12-14)9-10-19(21)15-7-4-5-8-15/h6,9-10,15-22H,2-5,7-8,11-13H2,1H3/t16-,17+,18-,19+,20+/m0/s1. The van der Waals surface area contributed by atoms with E-state index < -0.39 is 0 Å². The lowest BCUT2D eigenvalue weighted by Gasteiger charge is -2.19. The molecule has 3 fully saturated rings. The Morgan fingerprint density at radius 1 is 1.23 bits per heavy atom.